The Bertz CT molecular complexity index is 58.6. The standard InChI is InChI=1S/CH4O.Co.H3O4P/c1-2;;1-5(2,3)4/h2H,1H3;;(H3,1,2,3,4)/q;+3;/p-3. The summed E-state index contributed by atoms with van der Waals surface area (Å²) in [5, 5.41) is 7.00. The van der Waals surface area contributed by atoms with Gasteiger partial charge in [-0.1, -0.05) is 0 Å². The van der Waals surface area contributed by atoms with E-state index < -0.39 is 7.82 Å². The number of aliphatic hydroxyl groups is 1. The molecule has 0 aliphatic heterocycles. The van der Waals surface area contributed by atoms with Crippen molar-refractivity contribution in [2.45, 2.75) is 0 Å². The Kier molecular flexibility index (Phi) is 15.0. The number of hydrogen-bond donors (Lipinski definition) is 1. The molecule has 0 amide bonds. The van der Waals surface area contributed by atoms with Crippen LogP contribution in [0.25, 0.3) is 0 Å². The van der Waals surface area contributed by atoms with E-state index in [4.69, 9.17) is 24.4 Å². The largest absolute Gasteiger partial charge is 3.00 e. The topological polar surface area (TPSA) is 106 Å². The van der Waals surface area contributed by atoms with E-state index in [2.05, 4.69) is 0 Å². The summed E-state index contributed by atoms with van der Waals surface area (Å²) in [7, 11) is -4.39. The molecule has 0 rings (SSSR count). The molecule has 7 heteroatoms. The minimum Gasteiger partial charge on any atom is -0.822 e. The fourth-order valence-corrected chi connectivity index (χ4v) is 0. The van der Waals surface area contributed by atoms with E-state index in [9.17, 15) is 0 Å². The third-order valence-corrected chi connectivity index (χ3v) is 0. The van der Waals surface area contributed by atoms with Gasteiger partial charge in [0.2, 0.25) is 0 Å². The van der Waals surface area contributed by atoms with Crippen molar-refractivity contribution in [3.05, 3.63) is 0 Å². The van der Waals surface area contributed by atoms with Crippen molar-refractivity contribution in [3.8, 4) is 0 Å². The van der Waals surface area contributed by atoms with Crippen molar-refractivity contribution >= 4 is 7.82 Å². The molecule has 0 aromatic carbocycles. The van der Waals surface area contributed by atoms with E-state index >= 15 is 0 Å². The molecule has 0 saturated carbocycles. The molecule has 0 aliphatic rings. The zero-order valence-corrected chi connectivity index (χ0v) is 5.80. The summed E-state index contributed by atoms with van der Waals surface area (Å²) < 4.78 is 8.55. The van der Waals surface area contributed by atoms with E-state index in [0.29, 0.717) is 0 Å². The van der Waals surface area contributed by atoms with Gasteiger partial charge < -0.3 is 24.4 Å². The molecule has 5 nitrogen and oxygen atoms in total. The van der Waals surface area contributed by atoms with Crippen LogP contribution >= 0.6 is 7.82 Å². The average Bonchev–Trinajstić information content (AvgIpc) is 1.36. The van der Waals surface area contributed by atoms with Gasteiger partial charge in [0.25, 0.3) is 0 Å². The third-order valence-electron chi connectivity index (χ3n) is 0. The molecule has 52 valence electrons. The van der Waals surface area contributed by atoms with Gasteiger partial charge in [0.05, 0.1) is 0 Å². The Morgan fingerprint density at radius 2 is 1.25 bits per heavy atom. The first-order valence-corrected chi connectivity index (χ1v) is 2.64. The van der Waals surface area contributed by atoms with Crippen LogP contribution in [-0.4, -0.2) is 12.2 Å². The van der Waals surface area contributed by atoms with Gasteiger partial charge in [0, 0.05) is 7.11 Å². The molecule has 0 spiro atoms. The molecule has 0 atom stereocenters. The maximum atomic E-state index is 8.55. The van der Waals surface area contributed by atoms with Gasteiger partial charge in [0.15, 0.2) is 0 Å². The molecule has 0 unspecified atom stereocenters. The zero-order chi connectivity index (χ0) is 6.50. The predicted octanol–water partition coefficient (Wildman–Crippen LogP) is -3.22. The number of aliphatic hydroxyl groups excluding tert-OH is 1. The fourth-order valence-electron chi connectivity index (χ4n) is 0. The van der Waals surface area contributed by atoms with Gasteiger partial charge in [-0.05, 0) is 0 Å². The second-order valence-corrected chi connectivity index (χ2v) is 1.34. The van der Waals surface area contributed by atoms with Crippen molar-refractivity contribution in [2.24, 2.45) is 0 Å². The van der Waals surface area contributed by atoms with Crippen LogP contribution in [0.2, 0.25) is 0 Å². The van der Waals surface area contributed by atoms with Crippen LogP contribution < -0.4 is 14.7 Å². The second-order valence-electron chi connectivity index (χ2n) is 0.447. The summed E-state index contributed by atoms with van der Waals surface area (Å²) in [6, 6.07) is 0. The Balaban J connectivity index is -0.0000000750. The summed E-state index contributed by atoms with van der Waals surface area (Å²) in [6.07, 6.45) is 0. The van der Waals surface area contributed by atoms with Gasteiger partial charge in [-0.3, -0.25) is 0 Å². The second kappa shape index (κ2) is 7.58. The Hall–Kier alpha value is 0.576. The van der Waals surface area contributed by atoms with Crippen molar-refractivity contribution < 1.29 is 41.1 Å². The van der Waals surface area contributed by atoms with Crippen LogP contribution in [-0.2, 0) is 21.3 Å². The summed E-state index contributed by atoms with van der Waals surface area (Å²) in [5.41, 5.74) is 0. The van der Waals surface area contributed by atoms with E-state index in [1.165, 1.54) is 0 Å². The number of hydrogen-bond acceptors (Lipinski definition) is 5. The molecule has 0 heterocycles. The number of rotatable bonds is 0. The van der Waals surface area contributed by atoms with Crippen LogP contribution in [0.3, 0.4) is 0 Å². The quantitative estimate of drug-likeness (QED) is 0.400. The molecule has 0 saturated heterocycles. The first-order chi connectivity index (χ1) is 3.00. The van der Waals surface area contributed by atoms with Gasteiger partial charge >= 0.3 is 16.8 Å². The molecule has 0 fully saturated rings. The summed E-state index contributed by atoms with van der Waals surface area (Å²) >= 11 is 0. The van der Waals surface area contributed by atoms with E-state index in [-0.39, 0.29) is 16.8 Å². The molecule has 0 radical (unpaired) electrons. The van der Waals surface area contributed by atoms with E-state index in [1.807, 2.05) is 0 Å². The van der Waals surface area contributed by atoms with Gasteiger partial charge in [-0.15, -0.1) is 0 Å². The van der Waals surface area contributed by atoms with Gasteiger partial charge in [-0.2, -0.15) is 7.82 Å². The number of phosphoric acid groups is 1. The fraction of sp³-hybridized carbons (Fsp3) is 1.00. The summed E-state index contributed by atoms with van der Waals surface area (Å²) in [6.45, 7) is 0. The van der Waals surface area contributed by atoms with E-state index in [0.717, 1.165) is 7.11 Å². The minimum absolute atomic E-state index is 0. The molecule has 0 aliphatic carbocycles. The Morgan fingerprint density at radius 1 is 1.25 bits per heavy atom. The Morgan fingerprint density at radius 3 is 1.25 bits per heavy atom. The van der Waals surface area contributed by atoms with Crippen molar-refractivity contribution in [1.82, 2.24) is 0 Å². The molecule has 0 aromatic rings. The first kappa shape index (κ1) is 15.8. The molecule has 8 heavy (non-hydrogen) atoms. The maximum Gasteiger partial charge on any atom is 3.00 e. The summed E-state index contributed by atoms with van der Waals surface area (Å²) in [5.74, 6) is 0. The molecule has 0 bridgehead atoms. The van der Waals surface area contributed by atoms with Crippen LogP contribution in [0.1, 0.15) is 0 Å². The predicted molar refractivity (Wildman–Crippen MR) is 15.7 cm³/mol. The SMILES string of the molecule is CO.O=P([O-])([O-])[O-].[Co+3]. The third kappa shape index (κ3) is 615. The van der Waals surface area contributed by atoms with Crippen LogP contribution in [0, 0.1) is 0 Å². The van der Waals surface area contributed by atoms with Crippen LogP contribution in [0.15, 0.2) is 0 Å². The zero-order valence-electron chi connectivity index (χ0n) is 3.86. The van der Waals surface area contributed by atoms with Crippen molar-refractivity contribution in [3.63, 3.8) is 0 Å². The Labute approximate surface area is 56.8 Å². The molecule has 1 N–H and O–H groups in total. The minimum atomic E-state index is -5.39. The average molecular weight is 186 g/mol. The smallest absolute Gasteiger partial charge is 0.822 e. The molecular formula is CH4CoO5P. The van der Waals surface area contributed by atoms with Crippen LogP contribution in [0.4, 0.5) is 0 Å². The van der Waals surface area contributed by atoms with Crippen molar-refractivity contribution in [1.29, 1.82) is 0 Å². The molecule has 0 aromatic heterocycles. The summed E-state index contributed by atoms with van der Waals surface area (Å²) in [4.78, 5) is 25.6. The van der Waals surface area contributed by atoms with E-state index in [1.54, 1.807) is 0 Å². The van der Waals surface area contributed by atoms with Crippen molar-refractivity contribution in [2.75, 3.05) is 7.11 Å². The maximum absolute atomic E-state index is 8.55. The normalized spacial score (nSPS) is 8.12. The van der Waals surface area contributed by atoms with Gasteiger partial charge in [-0.25, -0.2) is 0 Å². The van der Waals surface area contributed by atoms with Gasteiger partial charge in [0.1, 0.15) is 0 Å². The monoisotopic (exact) mass is 186 g/mol. The molecular weight excluding hydrogens is 182 g/mol. The van der Waals surface area contributed by atoms with Crippen LogP contribution in [0.5, 0.6) is 0 Å². The first-order valence-electron chi connectivity index (χ1n) is 1.18.